The second-order valence-electron chi connectivity index (χ2n) is 6.49. The highest BCUT2D eigenvalue weighted by atomic mass is 19.2. The van der Waals surface area contributed by atoms with Crippen LogP contribution in [0.1, 0.15) is 41.6 Å². The minimum absolute atomic E-state index is 0.183. The van der Waals surface area contributed by atoms with Gasteiger partial charge < -0.3 is 10.4 Å². The molecule has 2 aromatic carbocycles. The van der Waals surface area contributed by atoms with Crippen LogP contribution in [0.5, 0.6) is 0 Å². The first kappa shape index (κ1) is 19.6. The Balaban J connectivity index is 2.66. The number of amides is 1. The lowest BCUT2D eigenvalue weighted by molar-refractivity contribution is -0.137. The molecule has 0 heterocycles. The average Bonchev–Trinajstić information content (AvgIpc) is 2.47. The van der Waals surface area contributed by atoms with Crippen LogP contribution in [-0.4, -0.2) is 17.0 Å². The van der Waals surface area contributed by atoms with Crippen molar-refractivity contribution < 1.29 is 23.5 Å². The molecule has 0 aliphatic carbocycles. The summed E-state index contributed by atoms with van der Waals surface area (Å²) in [4.78, 5) is 22.5. The fourth-order valence-electron chi connectivity index (χ4n) is 3.30. The molecule has 0 aromatic heterocycles. The summed E-state index contributed by atoms with van der Waals surface area (Å²) in [5, 5.41) is 11.4. The zero-order valence-electron chi connectivity index (χ0n) is 15.1. The third kappa shape index (κ3) is 4.25. The number of rotatable bonds is 5. The predicted molar refractivity (Wildman–Crippen MR) is 94.8 cm³/mol. The summed E-state index contributed by atoms with van der Waals surface area (Å²) in [6.45, 7) is 6.89. The highest BCUT2D eigenvalue weighted by Crippen LogP contribution is 2.33. The topological polar surface area (TPSA) is 66.4 Å². The molecule has 0 bridgehead atoms. The van der Waals surface area contributed by atoms with E-state index in [1.165, 1.54) is 13.0 Å². The quantitative estimate of drug-likeness (QED) is 0.838. The monoisotopic (exact) mass is 361 g/mol. The first-order valence-corrected chi connectivity index (χ1v) is 8.16. The number of carbonyl (C=O) groups excluding carboxylic acids is 1. The zero-order valence-corrected chi connectivity index (χ0v) is 15.1. The Labute approximate surface area is 150 Å². The van der Waals surface area contributed by atoms with E-state index >= 15 is 0 Å². The molecule has 26 heavy (non-hydrogen) atoms. The van der Waals surface area contributed by atoms with Crippen molar-refractivity contribution in [1.29, 1.82) is 0 Å². The molecular weight excluding hydrogens is 340 g/mol. The number of carboxylic acid groups (broad SMARTS) is 1. The first-order valence-electron chi connectivity index (χ1n) is 8.16. The van der Waals surface area contributed by atoms with Crippen molar-refractivity contribution in [3.05, 3.63) is 58.2 Å². The van der Waals surface area contributed by atoms with E-state index in [0.717, 1.165) is 28.3 Å². The third-order valence-electron chi connectivity index (χ3n) is 4.15. The van der Waals surface area contributed by atoms with Crippen LogP contribution >= 0.6 is 0 Å². The molecule has 0 saturated carbocycles. The molecule has 2 N–H and O–H groups in total. The highest BCUT2D eigenvalue weighted by Gasteiger charge is 2.24. The van der Waals surface area contributed by atoms with E-state index in [4.69, 9.17) is 5.11 Å². The normalized spacial score (nSPS) is 11.9. The first-order chi connectivity index (χ1) is 12.1. The molecule has 1 unspecified atom stereocenters. The van der Waals surface area contributed by atoms with Crippen molar-refractivity contribution in [2.75, 3.05) is 0 Å². The standard InChI is InChI=1S/C20H21F2NO3/c1-10-5-11(2)19(12(3)6-10)14-7-15(20(22)16(21)8-14)17(9-18(25)26)23-13(4)24/h5-8,17H,9H2,1-4H3,(H,23,24)(H,25,26). The number of aryl methyl sites for hydroxylation is 3. The van der Waals surface area contributed by atoms with Crippen LogP contribution in [0, 0.1) is 32.4 Å². The van der Waals surface area contributed by atoms with E-state index in [1.54, 1.807) is 0 Å². The van der Waals surface area contributed by atoms with Crippen molar-refractivity contribution in [2.45, 2.75) is 40.2 Å². The van der Waals surface area contributed by atoms with Crippen LogP contribution in [0.3, 0.4) is 0 Å². The lowest BCUT2D eigenvalue weighted by atomic mass is 9.91. The second-order valence-corrected chi connectivity index (χ2v) is 6.49. The number of benzene rings is 2. The van der Waals surface area contributed by atoms with E-state index in [-0.39, 0.29) is 5.56 Å². The van der Waals surface area contributed by atoms with Gasteiger partial charge in [0.15, 0.2) is 11.6 Å². The molecule has 0 fully saturated rings. The van der Waals surface area contributed by atoms with Gasteiger partial charge in [-0.1, -0.05) is 17.7 Å². The Kier molecular flexibility index (Phi) is 5.75. The van der Waals surface area contributed by atoms with Crippen LogP contribution in [0.4, 0.5) is 8.78 Å². The average molecular weight is 361 g/mol. The largest absolute Gasteiger partial charge is 0.481 e. The van der Waals surface area contributed by atoms with Crippen LogP contribution in [0.25, 0.3) is 11.1 Å². The molecule has 0 radical (unpaired) electrons. The van der Waals surface area contributed by atoms with Gasteiger partial charge in [-0.15, -0.1) is 0 Å². The maximum absolute atomic E-state index is 14.4. The number of hydrogen-bond acceptors (Lipinski definition) is 2. The second kappa shape index (κ2) is 7.64. The van der Waals surface area contributed by atoms with Crippen molar-refractivity contribution in [3.8, 4) is 11.1 Å². The fourth-order valence-corrected chi connectivity index (χ4v) is 3.30. The molecule has 2 rings (SSSR count). The summed E-state index contributed by atoms with van der Waals surface area (Å²) < 4.78 is 28.7. The van der Waals surface area contributed by atoms with Gasteiger partial charge in [-0.3, -0.25) is 9.59 Å². The fraction of sp³-hybridized carbons (Fsp3) is 0.300. The maximum Gasteiger partial charge on any atom is 0.305 e. The Morgan fingerprint density at radius 1 is 1.08 bits per heavy atom. The van der Waals surface area contributed by atoms with Gasteiger partial charge >= 0.3 is 5.97 Å². The third-order valence-corrected chi connectivity index (χ3v) is 4.15. The Morgan fingerprint density at radius 3 is 2.15 bits per heavy atom. The van der Waals surface area contributed by atoms with Crippen LogP contribution in [0.2, 0.25) is 0 Å². The summed E-state index contributed by atoms with van der Waals surface area (Å²) in [6.07, 6.45) is -0.550. The van der Waals surface area contributed by atoms with Gasteiger partial charge in [-0.05, 0) is 55.2 Å². The molecule has 2 aromatic rings. The summed E-state index contributed by atoms with van der Waals surface area (Å²) in [5.74, 6) is -3.99. The van der Waals surface area contributed by atoms with Crippen LogP contribution in [-0.2, 0) is 9.59 Å². The van der Waals surface area contributed by atoms with Crippen molar-refractivity contribution >= 4 is 11.9 Å². The Bertz CT molecular complexity index is 839. The highest BCUT2D eigenvalue weighted by molar-refractivity contribution is 5.76. The van der Waals surface area contributed by atoms with Gasteiger partial charge in [0.2, 0.25) is 5.91 Å². The minimum atomic E-state index is -1.23. The van der Waals surface area contributed by atoms with E-state index < -0.39 is 36.0 Å². The number of carbonyl (C=O) groups is 2. The SMILES string of the molecule is CC(=O)NC(CC(=O)O)c1cc(-c2c(C)cc(C)cc2C)cc(F)c1F. The Morgan fingerprint density at radius 2 is 1.65 bits per heavy atom. The zero-order chi connectivity index (χ0) is 19.6. The molecule has 0 saturated heterocycles. The smallest absolute Gasteiger partial charge is 0.305 e. The lowest BCUT2D eigenvalue weighted by Crippen LogP contribution is -2.29. The van der Waals surface area contributed by atoms with Crippen LogP contribution in [0.15, 0.2) is 24.3 Å². The number of halogens is 2. The van der Waals surface area contributed by atoms with E-state index in [1.807, 2.05) is 32.9 Å². The molecule has 4 nitrogen and oxygen atoms in total. The molecular formula is C20H21F2NO3. The molecule has 0 aliphatic heterocycles. The van der Waals surface area contributed by atoms with Gasteiger partial charge in [0.1, 0.15) is 0 Å². The van der Waals surface area contributed by atoms with Crippen molar-refractivity contribution in [1.82, 2.24) is 5.32 Å². The number of nitrogens with one attached hydrogen (secondary N) is 1. The number of aliphatic carboxylic acids is 1. The molecule has 0 spiro atoms. The predicted octanol–water partition coefficient (Wildman–Crippen LogP) is 4.21. The molecule has 6 heteroatoms. The lowest BCUT2D eigenvalue weighted by Gasteiger charge is -2.20. The van der Waals surface area contributed by atoms with E-state index in [0.29, 0.717) is 5.56 Å². The summed E-state index contributed by atoms with van der Waals surface area (Å²) in [7, 11) is 0. The van der Waals surface area contributed by atoms with Gasteiger partial charge in [0.25, 0.3) is 0 Å². The Hall–Kier alpha value is -2.76. The number of carboxylic acids is 1. The molecule has 1 atom stereocenters. The summed E-state index contributed by atoms with van der Waals surface area (Å²) in [6, 6.07) is 5.21. The van der Waals surface area contributed by atoms with Gasteiger partial charge in [-0.25, -0.2) is 8.78 Å². The van der Waals surface area contributed by atoms with Gasteiger partial charge in [0.05, 0.1) is 12.5 Å². The van der Waals surface area contributed by atoms with Gasteiger partial charge in [0, 0.05) is 12.5 Å². The summed E-state index contributed by atoms with van der Waals surface area (Å²) >= 11 is 0. The van der Waals surface area contributed by atoms with E-state index in [9.17, 15) is 18.4 Å². The minimum Gasteiger partial charge on any atom is -0.481 e. The van der Waals surface area contributed by atoms with Crippen molar-refractivity contribution in [2.24, 2.45) is 0 Å². The van der Waals surface area contributed by atoms with Gasteiger partial charge in [-0.2, -0.15) is 0 Å². The number of hydrogen-bond donors (Lipinski definition) is 2. The summed E-state index contributed by atoms with van der Waals surface area (Å²) in [5.41, 5.74) is 3.86. The van der Waals surface area contributed by atoms with E-state index in [2.05, 4.69) is 5.32 Å². The maximum atomic E-state index is 14.4. The van der Waals surface area contributed by atoms with Crippen LogP contribution < -0.4 is 5.32 Å². The molecule has 1 amide bonds. The van der Waals surface area contributed by atoms with Crippen molar-refractivity contribution in [3.63, 3.8) is 0 Å². The molecule has 138 valence electrons. The molecule has 0 aliphatic rings.